The molecule has 2 aromatic heterocycles. The van der Waals surface area contributed by atoms with Crippen LogP contribution >= 0.6 is 15.9 Å². The van der Waals surface area contributed by atoms with E-state index in [1.807, 2.05) is 4.52 Å². The van der Waals surface area contributed by atoms with Gasteiger partial charge in [0.25, 0.3) is 0 Å². The average molecular weight is 456 g/mol. The quantitative estimate of drug-likeness (QED) is 0.710. The first-order valence-electron chi connectivity index (χ1n) is 9.39. The number of sulfonamides is 1. The van der Waals surface area contributed by atoms with Crippen LogP contribution in [-0.4, -0.2) is 57.7 Å². The summed E-state index contributed by atoms with van der Waals surface area (Å²) in [5.74, 6) is 1.48. The van der Waals surface area contributed by atoms with Gasteiger partial charge in [0.05, 0.1) is 4.75 Å². The van der Waals surface area contributed by atoms with Crippen LogP contribution in [0.15, 0.2) is 17.0 Å². The predicted molar refractivity (Wildman–Crippen MR) is 110 cm³/mol. The van der Waals surface area contributed by atoms with E-state index < -0.39 is 14.8 Å². The van der Waals surface area contributed by atoms with E-state index in [0.29, 0.717) is 25.6 Å². The molecular weight excluding hydrogens is 430 g/mol. The Labute approximate surface area is 168 Å². The lowest BCUT2D eigenvalue weighted by atomic mass is 10.1. The number of fused-ring (bicyclic) bond motifs is 1. The topological polar surface area (TPSA) is 70.8 Å². The first-order chi connectivity index (χ1) is 12.6. The smallest absolute Gasteiger partial charge is 0.219 e. The van der Waals surface area contributed by atoms with Crippen LogP contribution in [0.25, 0.3) is 5.52 Å². The van der Waals surface area contributed by atoms with Crippen LogP contribution in [0, 0.1) is 0 Å². The van der Waals surface area contributed by atoms with Gasteiger partial charge in [0, 0.05) is 25.7 Å². The molecule has 1 saturated heterocycles. The summed E-state index contributed by atoms with van der Waals surface area (Å²) in [4.78, 5) is 6.83. The minimum absolute atomic E-state index is 0.0373. The largest absolute Gasteiger partial charge is 0.349 e. The Morgan fingerprint density at radius 3 is 2.52 bits per heavy atom. The first-order valence-corrected chi connectivity index (χ1v) is 11.6. The van der Waals surface area contributed by atoms with E-state index in [1.165, 1.54) is 18.4 Å². The number of rotatable bonds is 3. The molecule has 0 radical (unpaired) electrons. The molecule has 4 rings (SSSR count). The standard InChI is InChI=1S/C18H26BrN5O2S/c1-12-10-22(27(25,26)18(2,3)4)7-8-23(12)17-16-14(13-5-6-13)9-15(19)24(16)21-11-20-17/h9,11-13H,5-8,10H2,1-4H3/t12-/m0/s1. The summed E-state index contributed by atoms with van der Waals surface area (Å²) in [6.45, 7) is 8.90. The van der Waals surface area contributed by atoms with E-state index in [4.69, 9.17) is 0 Å². The van der Waals surface area contributed by atoms with Gasteiger partial charge in [-0.05, 0) is 74.0 Å². The minimum atomic E-state index is -3.33. The average Bonchev–Trinajstić information content (AvgIpc) is 3.38. The lowest BCUT2D eigenvalue weighted by molar-refractivity contribution is 0.332. The Kier molecular flexibility index (Phi) is 4.55. The van der Waals surface area contributed by atoms with Gasteiger partial charge in [-0.2, -0.15) is 9.40 Å². The number of aromatic nitrogens is 3. The lowest BCUT2D eigenvalue weighted by Gasteiger charge is -2.42. The first kappa shape index (κ1) is 19.1. The van der Waals surface area contributed by atoms with Gasteiger partial charge in [0.1, 0.15) is 16.4 Å². The van der Waals surface area contributed by atoms with E-state index in [1.54, 1.807) is 31.4 Å². The summed E-state index contributed by atoms with van der Waals surface area (Å²) >= 11 is 3.61. The minimum Gasteiger partial charge on any atom is -0.349 e. The van der Waals surface area contributed by atoms with Crippen molar-refractivity contribution < 1.29 is 8.42 Å². The van der Waals surface area contributed by atoms with Crippen molar-refractivity contribution in [2.24, 2.45) is 0 Å². The SMILES string of the molecule is C[C@H]1CN(S(=O)(=O)C(C)(C)C)CCN1c1ncnn2c(Br)cc(C3CC3)c12. The molecule has 2 aliphatic rings. The summed E-state index contributed by atoms with van der Waals surface area (Å²) in [5.41, 5.74) is 2.33. The highest BCUT2D eigenvalue weighted by Gasteiger charge is 2.40. The molecule has 9 heteroatoms. The maximum absolute atomic E-state index is 12.8. The molecule has 27 heavy (non-hydrogen) atoms. The maximum atomic E-state index is 12.8. The van der Waals surface area contributed by atoms with E-state index in [9.17, 15) is 8.42 Å². The third kappa shape index (κ3) is 3.17. The van der Waals surface area contributed by atoms with E-state index in [2.05, 4.69) is 43.9 Å². The second kappa shape index (κ2) is 6.42. The molecule has 2 fully saturated rings. The normalized spacial score (nSPS) is 22.6. The van der Waals surface area contributed by atoms with Crippen LogP contribution in [0.3, 0.4) is 0 Å². The second-order valence-corrected chi connectivity index (χ2v) is 12.1. The van der Waals surface area contributed by atoms with Crippen molar-refractivity contribution in [3.05, 3.63) is 22.6 Å². The highest BCUT2D eigenvalue weighted by atomic mass is 79.9. The molecule has 148 valence electrons. The summed E-state index contributed by atoms with van der Waals surface area (Å²) in [7, 11) is -3.33. The van der Waals surface area contributed by atoms with Gasteiger partial charge in [-0.15, -0.1) is 0 Å². The number of hydrogen-bond donors (Lipinski definition) is 0. The third-order valence-electron chi connectivity index (χ3n) is 5.51. The molecule has 3 heterocycles. The van der Waals surface area contributed by atoms with Gasteiger partial charge in [0.2, 0.25) is 10.0 Å². The van der Waals surface area contributed by atoms with Crippen molar-refractivity contribution in [1.29, 1.82) is 0 Å². The van der Waals surface area contributed by atoms with E-state index in [-0.39, 0.29) is 6.04 Å². The van der Waals surface area contributed by atoms with Crippen molar-refractivity contribution in [1.82, 2.24) is 18.9 Å². The molecule has 1 saturated carbocycles. The van der Waals surface area contributed by atoms with Crippen LogP contribution in [-0.2, 0) is 10.0 Å². The number of piperazine rings is 1. The zero-order chi connectivity index (χ0) is 19.6. The van der Waals surface area contributed by atoms with Gasteiger partial charge in [-0.1, -0.05) is 0 Å². The number of anilines is 1. The number of halogens is 1. The number of nitrogens with zero attached hydrogens (tertiary/aromatic N) is 5. The van der Waals surface area contributed by atoms with Crippen molar-refractivity contribution in [3.8, 4) is 0 Å². The molecule has 2 aromatic rings. The molecule has 7 nitrogen and oxygen atoms in total. The Balaban J connectivity index is 1.68. The van der Waals surface area contributed by atoms with Crippen LogP contribution in [0.2, 0.25) is 0 Å². The van der Waals surface area contributed by atoms with Crippen molar-refractivity contribution >= 4 is 37.3 Å². The van der Waals surface area contributed by atoms with Gasteiger partial charge >= 0.3 is 0 Å². The Morgan fingerprint density at radius 1 is 1.22 bits per heavy atom. The van der Waals surface area contributed by atoms with Gasteiger partial charge in [0.15, 0.2) is 5.82 Å². The zero-order valence-corrected chi connectivity index (χ0v) is 18.6. The van der Waals surface area contributed by atoms with E-state index in [0.717, 1.165) is 15.9 Å². The molecule has 1 aliphatic carbocycles. The third-order valence-corrected chi connectivity index (χ3v) is 8.64. The molecule has 0 spiro atoms. The predicted octanol–water partition coefficient (Wildman–Crippen LogP) is 3.01. The molecule has 1 atom stereocenters. The summed E-state index contributed by atoms with van der Waals surface area (Å²) in [6, 6.07) is 2.19. The van der Waals surface area contributed by atoms with Crippen molar-refractivity contribution in [2.75, 3.05) is 24.5 Å². The lowest BCUT2D eigenvalue weighted by Crippen LogP contribution is -2.57. The summed E-state index contributed by atoms with van der Waals surface area (Å²) in [5, 5.41) is 4.40. The monoisotopic (exact) mass is 455 g/mol. The van der Waals surface area contributed by atoms with E-state index >= 15 is 0 Å². The van der Waals surface area contributed by atoms with Crippen LogP contribution < -0.4 is 4.90 Å². The summed E-state index contributed by atoms with van der Waals surface area (Å²) < 4.78 is 29.3. The fraction of sp³-hybridized carbons (Fsp3) is 0.667. The van der Waals surface area contributed by atoms with Gasteiger partial charge in [-0.3, -0.25) is 0 Å². The molecule has 0 bridgehead atoms. The van der Waals surface area contributed by atoms with Crippen molar-refractivity contribution in [3.63, 3.8) is 0 Å². The fourth-order valence-electron chi connectivity index (χ4n) is 3.78. The maximum Gasteiger partial charge on any atom is 0.219 e. The highest BCUT2D eigenvalue weighted by Crippen LogP contribution is 2.45. The van der Waals surface area contributed by atoms with Gasteiger partial charge in [-0.25, -0.2) is 17.9 Å². The zero-order valence-electron chi connectivity index (χ0n) is 16.2. The molecule has 0 aromatic carbocycles. The number of hydrogen-bond acceptors (Lipinski definition) is 5. The highest BCUT2D eigenvalue weighted by molar-refractivity contribution is 9.10. The Morgan fingerprint density at radius 2 is 1.93 bits per heavy atom. The van der Waals surface area contributed by atoms with Crippen LogP contribution in [0.5, 0.6) is 0 Å². The molecule has 0 unspecified atom stereocenters. The van der Waals surface area contributed by atoms with Gasteiger partial charge < -0.3 is 4.90 Å². The molecule has 1 aliphatic heterocycles. The summed E-state index contributed by atoms with van der Waals surface area (Å²) in [6.07, 6.45) is 3.98. The molecular formula is C18H26BrN5O2S. The molecule has 0 N–H and O–H groups in total. The van der Waals surface area contributed by atoms with Crippen LogP contribution in [0.1, 0.15) is 52.0 Å². The fourth-order valence-corrected chi connectivity index (χ4v) is 5.80. The van der Waals surface area contributed by atoms with Crippen molar-refractivity contribution in [2.45, 2.75) is 57.2 Å². The van der Waals surface area contributed by atoms with Crippen LogP contribution in [0.4, 0.5) is 5.82 Å². The second-order valence-electron chi connectivity index (χ2n) is 8.56. The molecule has 0 amide bonds. The Bertz CT molecular complexity index is 978. The Hall–Kier alpha value is -1.19.